The lowest BCUT2D eigenvalue weighted by Gasteiger charge is -2.48. The molecule has 0 unspecified atom stereocenters. The van der Waals surface area contributed by atoms with Gasteiger partial charge in [0.25, 0.3) is 0 Å². The van der Waals surface area contributed by atoms with Crippen LogP contribution in [-0.4, -0.2) is 132 Å². The summed E-state index contributed by atoms with van der Waals surface area (Å²) in [6.45, 7) is 0.985. The Morgan fingerprint density at radius 2 is 1.49 bits per heavy atom. The van der Waals surface area contributed by atoms with Gasteiger partial charge in [0, 0.05) is 20.1 Å². The summed E-state index contributed by atoms with van der Waals surface area (Å²) in [5, 5.41) is 55.9. The second-order valence-corrected chi connectivity index (χ2v) is 10.8. The first-order valence-electron chi connectivity index (χ1n) is 10.9. The van der Waals surface area contributed by atoms with Crippen molar-refractivity contribution in [1.29, 1.82) is 0 Å². The lowest BCUT2D eigenvalue weighted by molar-refractivity contribution is -0.312. The number of amides is 2. The molecule has 2 aliphatic heterocycles. The Bertz CT molecular complexity index is 868. The Labute approximate surface area is 202 Å². The number of carbonyl (C=O) groups is 2. The summed E-state index contributed by atoms with van der Waals surface area (Å²) in [6, 6.07) is -2.45. The molecule has 2 heterocycles. The summed E-state index contributed by atoms with van der Waals surface area (Å²) >= 11 is 0. The van der Waals surface area contributed by atoms with Gasteiger partial charge in [-0.25, -0.2) is 8.42 Å². The highest BCUT2D eigenvalue weighted by Gasteiger charge is 2.51. The number of carbonyl (C=O) groups excluding carboxylic acids is 2. The minimum atomic E-state index is -3.34. The third kappa shape index (κ3) is 7.90. The molecule has 14 nitrogen and oxygen atoms in total. The van der Waals surface area contributed by atoms with E-state index in [1.54, 1.807) is 0 Å². The predicted molar refractivity (Wildman–Crippen MR) is 118 cm³/mol. The molecule has 0 radical (unpaired) electrons. The lowest BCUT2D eigenvalue weighted by Crippen LogP contribution is -2.68. The van der Waals surface area contributed by atoms with Crippen LogP contribution in [0.5, 0.6) is 0 Å². The maximum Gasteiger partial charge on any atom is 0.217 e. The molecule has 0 aliphatic carbocycles. The highest BCUT2D eigenvalue weighted by atomic mass is 32.2. The van der Waals surface area contributed by atoms with Crippen molar-refractivity contribution in [3.05, 3.63) is 12.2 Å². The van der Waals surface area contributed by atoms with Crippen molar-refractivity contribution in [2.45, 2.75) is 74.9 Å². The summed E-state index contributed by atoms with van der Waals surface area (Å²) in [4.78, 5) is 23.4. The van der Waals surface area contributed by atoms with Gasteiger partial charge in [0.15, 0.2) is 16.1 Å². The van der Waals surface area contributed by atoms with Crippen molar-refractivity contribution < 1.29 is 57.8 Å². The Kier molecular flexibility index (Phi) is 10.6. The number of aliphatic hydroxyl groups excluding tert-OH is 5. The van der Waals surface area contributed by atoms with Crippen LogP contribution in [0.3, 0.4) is 0 Å². The summed E-state index contributed by atoms with van der Waals surface area (Å²) < 4.78 is 39.9. The summed E-state index contributed by atoms with van der Waals surface area (Å²) in [5.41, 5.74) is 0. The Morgan fingerprint density at radius 1 is 0.914 bits per heavy atom. The van der Waals surface area contributed by atoms with Crippen molar-refractivity contribution in [2.24, 2.45) is 0 Å². The fourth-order valence-electron chi connectivity index (χ4n) is 3.97. The molecule has 15 heteroatoms. The minimum Gasteiger partial charge on any atom is -0.394 e. The maximum absolute atomic E-state index is 11.8. The summed E-state index contributed by atoms with van der Waals surface area (Å²) in [6.07, 6.45) is -7.45. The average Bonchev–Trinajstić information content (AvgIpc) is 2.75. The van der Waals surface area contributed by atoms with Crippen LogP contribution < -0.4 is 10.6 Å². The molecule has 0 aromatic carbocycles. The van der Waals surface area contributed by atoms with Crippen LogP contribution in [0, 0.1) is 0 Å². The first-order chi connectivity index (χ1) is 16.3. The number of hydrogen-bond acceptors (Lipinski definition) is 12. The van der Waals surface area contributed by atoms with Crippen molar-refractivity contribution in [3.63, 3.8) is 0 Å². The molecule has 0 bridgehead atoms. The third-order valence-corrected chi connectivity index (χ3v) is 6.37. The van der Waals surface area contributed by atoms with Crippen molar-refractivity contribution in [1.82, 2.24) is 10.6 Å². The Hall–Kier alpha value is -1.69. The van der Waals surface area contributed by atoms with Crippen molar-refractivity contribution >= 4 is 21.7 Å². The molecule has 0 aromatic rings. The molecule has 2 amide bonds. The number of rotatable bonds is 9. The molecule has 2 saturated heterocycles. The molecule has 2 rings (SSSR count). The SMILES string of the molecule is CC(=O)N[C@@H]1[C@@H](O)[C@H](O[C@@H]2O[C@H](CO)[C@@H](O)[C@H](O)[C@H]2NC(C)=O)[C@@H](CO)O[C@H]1/C=C/CS(C)(=O)=O. The van der Waals surface area contributed by atoms with E-state index < -0.39 is 96.0 Å². The number of ether oxygens (including phenoxy) is 3. The molecule has 0 spiro atoms. The van der Waals surface area contributed by atoms with E-state index in [0.717, 1.165) is 13.2 Å². The number of nitrogens with one attached hydrogen (secondary N) is 2. The molecule has 7 N–H and O–H groups in total. The maximum atomic E-state index is 11.8. The fourth-order valence-corrected chi connectivity index (χ4v) is 4.43. The number of sulfone groups is 1. The highest BCUT2D eigenvalue weighted by Crippen LogP contribution is 2.29. The molecule has 202 valence electrons. The highest BCUT2D eigenvalue weighted by molar-refractivity contribution is 7.90. The number of aliphatic hydroxyl groups is 5. The van der Waals surface area contributed by atoms with E-state index in [0.29, 0.717) is 0 Å². The van der Waals surface area contributed by atoms with Gasteiger partial charge in [0.2, 0.25) is 11.8 Å². The standard InChI is InChI=1S/C20H34N2O12S/c1-9(25)21-14-11(5-4-6-35(3,30)31)32-13(8-24)19(18(14)29)34-20-15(22-10(2)26)17(28)16(27)12(7-23)33-20/h4-5,11-20,23-24,27-29H,6-8H2,1-3H3,(H,21,25)(H,22,26)/b5-4+/t11-,12+,13+,14-,15+,16+,17+,18+,19+,20-/m0/s1. The fraction of sp³-hybridized carbons (Fsp3) is 0.800. The minimum absolute atomic E-state index is 0.323. The molecule has 2 aliphatic rings. The van der Waals surface area contributed by atoms with E-state index in [1.807, 2.05) is 0 Å². The lowest BCUT2D eigenvalue weighted by atomic mass is 9.91. The molecule has 35 heavy (non-hydrogen) atoms. The zero-order valence-electron chi connectivity index (χ0n) is 19.6. The van der Waals surface area contributed by atoms with E-state index in [1.165, 1.54) is 19.1 Å². The number of hydrogen-bond donors (Lipinski definition) is 7. The first-order valence-corrected chi connectivity index (χ1v) is 13.0. The molecular formula is C20H34N2O12S. The molecular weight excluding hydrogens is 492 g/mol. The smallest absolute Gasteiger partial charge is 0.217 e. The van der Waals surface area contributed by atoms with Gasteiger partial charge in [-0.05, 0) is 0 Å². The van der Waals surface area contributed by atoms with Gasteiger partial charge in [-0.2, -0.15) is 0 Å². The van der Waals surface area contributed by atoms with Gasteiger partial charge in [-0.3, -0.25) is 9.59 Å². The van der Waals surface area contributed by atoms with E-state index in [2.05, 4.69) is 10.6 Å². The quantitative estimate of drug-likeness (QED) is 0.141. The molecule has 2 fully saturated rings. The summed E-state index contributed by atoms with van der Waals surface area (Å²) in [5.74, 6) is -1.45. The summed E-state index contributed by atoms with van der Waals surface area (Å²) in [7, 11) is -3.34. The van der Waals surface area contributed by atoms with Gasteiger partial charge >= 0.3 is 0 Å². The third-order valence-electron chi connectivity index (χ3n) is 5.57. The Morgan fingerprint density at radius 3 is 2.00 bits per heavy atom. The van der Waals surface area contributed by atoms with Crippen LogP contribution in [0.4, 0.5) is 0 Å². The normalized spacial score (nSPS) is 38.3. The molecule has 0 saturated carbocycles. The monoisotopic (exact) mass is 526 g/mol. The average molecular weight is 527 g/mol. The van der Waals surface area contributed by atoms with Crippen LogP contribution in [-0.2, 0) is 33.6 Å². The molecule has 0 aromatic heterocycles. The van der Waals surface area contributed by atoms with Crippen LogP contribution in [0.1, 0.15) is 13.8 Å². The van der Waals surface area contributed by atoms with Crippen LogP contribution in [0.2, 0.25) is 0 Å². The second kappa shape index (κ2) is 12.5. The van der Waals surface area contributed by atoms with Crippen LogP contribution in [0.15, 0.2) is 12.2 Å². The van der Waals surface area contributed by atoms with Gasteiger partial charge in [0.1, 0.15) is 42.7 Å². The van der Waals surface area contributed by atoms with Crippen LogP contribution in [0.25, 0.3) is 0 Å². The van der Waals surface area contributed by atoms with Gasteiger partial charge < -0.3 is 50.4 Å². The Balaban J connectivity index is 2.33. The predicted octanol–water partition coefficient (Wildman–Crippen LogP) is -4.46. The van der Waals surface area contributed by atoms with E-state index in [9.17, 15) is 43.5 Å². The van der Waals surface area contributed by atoms with Crippen molar-refractivity contribution in [3.8, 4) is 0 Å². The van der Waals surface area contributed by atoms with E-state index in [-0.39, 0.29) is 5.75 Å². The van der Waals surface area contributed by atoms with Crippen molar-refractivity contribution in [2.75, 3.05) is 25.2 Å². The van der Waals surface area contributed by atoms with E-state index in [4.69, 9.17) is 14.2 Å². The van der Waals surface area contributed by atoms with Gasteiger partial charge in [0.05, 0.1) is 31.1 Å². The largest absolute Gasteiger partial charge is 0.394 e. The van der Waals surface area contributed by atoms with Crippen LogP contribution >= 0.6 is 0 Å². The zero-order valence-corrected chi connectivity index (χ0v) is 20.4. The zero-order chi connectivity index (χ0) is 26.5. The van der Waals surface area contributed by atoms with Gasteiger partial charge in [-0.1, -0.05) is 12.2 Å². The van der Waals surface area contributed by atoms with E-state index >= 15 is 0 Å². The topological polar surface area (TPSA) is 221 Å². The molecule has 10 atom stereocenters. The first kappa shape index (κ1) is 29.5. The van der Waals surface area contributed by atoms with Gasteiger partial charge in [-0.15, -0.1) is 0 Å². The second-order valence-electron chi connectivity index (χ2n) is 8.59.